The highest BCUT2D eigenvalue weighted by atomic mass is 32.2. The summed E-state index contributed by atoms with van der Waals surface area (Å²) in [4.78, 5) is 0.945. The van der Waals surface area contributed by atoms with Gasteiger partial charge in [-0.1, -0.05) is 6.07 Å². The molecule has 1 aromatic carbocycles. The molecular formula is C11H18N2O3S2. The van der Waals surface area contributed by atoms with Crippen molar-refractivity contribution in [2.75, 3.05) is 23.8 Å². The zero-order chi connectivity index (χ0) is 13.6. The first kappa shape index (κ1) is 15.3. The maximum atomic E-state index is 11.5. The normalized spacial score (nSPS) is 13.4. The largest absolute Gasteiger partial charge is 0.399 e. The number of rotatable bonds is 7. The van der Waals surface area contributed by atoms with E-state index in [0.717, 1.165) is 4.90 Å². The van der Waals surface area contributed by atoms with Crippen LogP contribution in [0.1, 0.15) is 6.92 Å². The summed E-state index contributed by atoms with van der Waals surface area (Å²) < 4.78 is 25.4. The first-order chi connectivity index (χ1) is 8.39. The third-order valence-corrected chi connectivity index (χ3v) is 4.68. The number of aliphatic hydroxyl groups excluding tert-OH is 1. The lowest BCUT2D eigenvalue weighted by molar-refractivity contribution is 0.198. The molecule has 0 aromatic heterocycles. The molecule has 0 fully saturated rings. The molecule has 0 heterocycles. The molecule has 0 saturated carbocycles. The van der Waals surface area contributed by atoms with Gasteiger partial charge in [0.25, 0.3) is 0 Å². The van der Waals surface area contributed by atoms with Gasteiger partial charge in [-0.05, 0) is 25.1 Å². The molecule has 4 N–H and O–H groups in total. The Hall–Kier alpha value is -0.760. The number of hydrogen-bond donors (Lipinski definition) is 3. The molecule has 0 spiro atoms. The molecule has 0 aliphatic rings. The van der Waals surface area contributed by atoms with Crippen molar-refractivity contribution < 1.29 is 13.5 Å². The number of nitrogen functional groups attached to an aromatic ring is 1. The van der Waals surface area contributed by atoms with Gasteiger partial charge in [0.15, 0.2) is 0 Å². The zero-order valence-electron chi connectivity index (χ0n) is 10.2. The number of benzene rings is 1. The molecule has 1 aromatic rings. The van der Waals surface area contributed by atoms with Crippen molar-refractivity contribution in [3.05, 3.63) is 24.3 Å². The topological polar surface area (TPSA) is 92.4 Å². The van der Waals surface area contributed by atoms with E-state index in [1.54, 1.807) is 12.1 Å². The second-order valence-corrected chi connectivity index (χ2v) is 7.03. The lowest BCUT2D eigenvalue weighted by Gasteiger charge is -2.08. The zero-order valence-corrected chi connectivity index (χ0v) is 11.8. The minimum atomic E-state index is -3.32. The Morgan fingerprint density at radius 2 is 2.22 bits per heavy atom. The Bertz CT molecular complexity index is 475. The van der Waals surface area contributed by atoms with E-state index >= 15 is 0 Å². The van der Waals surface area contributed by atoms with Gasteiger partial charge in [0.2, 0.25) is 10.0 Å². The van der Waals surface area contributed by atoms with E-state index in [2.05, 4.69) is 4.72 Å². The lowest BCUT2D eigenvalue weighted by atomic mass is 10.3. The molecule has 0 amide bonds. The van der Waals surface area contributed by atoms with Crippen LogP contribution in [0.25, 0.3) is 0 Å². The van der Waals surface area contributed by atoms with Gasteiger partial charge in [-0.25, -0.2) is 13.1 Å². The van der Waals surface area contributed by atoms with E-state index in [0.29, 0.717) is 11.4 Å². The fraction of sp³-hybridized carbons (Fsp3) is 0.455. The van der Waals surface area contributed by atoms with Gasteiger partial charge in [0.1, 0.15) is 0 Å². The second kappa shape index (κ2) is 6.98. The number of sulfonamides is 1. The fourth-order valence-electron chi connectivity index (χ4n) is 1.19. The van der Waals surface area contributed by atoms with Crippen LogP contribution < -0.4 is 10.5 Å². The van der Waals surface area contributed by atoms with Gasteiger partial charge in [-0.3, -0.25) is 0 Å². The van der Waals surface area contributed by atoms with Crippen molar-refractivity contribution in [3.8, 4) is 0 Å². The highest BCUT2D eigenvalue weighted by molar-refractivity contribution is 8.00. The van der Waals surface area contributed by atoms with E-state index in [4.69, 9.17) is 10.8 Å². The van der Waals surface area contributed by atoms with E-state index in [-0.39, 0.29) is 12.3 Å². The quantitative estimate of drug-likeness (QED) is 0.507. The molecule has 0 aliphatic carbocycles. The number of anilines is 1. The predicted molar refractivity (Wildman–Crippen MR) is 75.0 cm³/mol. The third kappa shape index (κ3) is 6.25. The first-order valence-electron chi connectivity index (χ1n) is 5.53. The summed E-state index contributed by atoms with van der Waals surface area (Å²) in [6.07, 6.45) is -0.679. The van der Waals surface area contributed by atoms with Crippen LogP contribution in [0.5, 0.6) is 0 Å². The first-order valence-corrected chi connectivity index (χ1v) is 8.16. The maximum absolute atomic E-state index is 11.5. The summed E-state index contributed by atoms with van der Waals surface area (Å²) in [5.74, 6) is 0.456. The molecule has 0 radical (unpaired) electrons. The average molecular weight is 290 g/mol. The molecule has 7 heteroatoms. The van der Waals surface area contributed by atoms with Crippen molar-refractivity contribution in [1.82, 2.24) is 4.72 Å². The number of thioether (sulfide) groups is 1. The maximum Gasteiger partial charge on any atom is 0.212 e. The average Bonchev–Trinajstić information content (AvgIpc) is 2.26. The van der Waals surface area contributed by atoms with Crippen LogP contribution in [0, 0.1) is 0 Å². The van der Waals surface area contributed by atoms with Crippen molar-refractivity contribution >= 4 is 27.5 Å². The standard InChI is InChI=1S/C11H18N2O3S2/c1-9(14)8-13-18(15,16)6-5-17-11-4-2-3-10(12)7-11/h2-4,7,9,13-14H,5-6,8,12H2,1H3/t9-/m1/s1. The molecule has 5 nitrogen and oxygen atoms in total. The summed E-state index contributed by atoms with van der Waals surface area (Å²) in [5.41, 5.74) is 6.29. The fourth-order valence-corrected chi connectivity index (χ4v) is 3.67. The Balaban J connectivity index is 2.37. The lowest BCUT2D eigenvalue weighted by Crippen LogP contribution is -2.33. The summed E-state index contributed by atoms with van der Waals surface area (Å²) in [5, 5.41) is 9.00. The van der Waals surface area contributed by atoms with Crippen molar-refractivity contribution in [1.29, 1.82) is 0 Å². The van der Waals surface area contributed by atoms with E-state index < -0.39 is 16.1 Å². The summed E-state index contributed by atoms with van der Waals surface area (Å²) in [7, 11) is -3.32. The summed E-state index contributed by atoms with van der Waals surface area (Å²) in [6, 6.07) is 7.31. The van der Waals surface area contributed by atoms with Gasteiger partial charge in [-0.2, -0.15) is 0 Å². The predicted octanol–water partition coefficient (Wildman–Crippen LogP) is 0.661. The second-order valence-electron chi connectivity index (χ2n) is 3.94. The molecule has 18 heavy (non-hydrogen) atoms. The van der Waals surface area contributed by atoms with Gasteiger partial charge >= 0.3 is 0 Å². The van der Waals surface area contributed by atoms with E-state index in [1.807, 2.05) is 12.1 Å². The van der Waals surface area contributed by atoms with Gasteiger partial charge in [0, 0.05) is 22.9 Å². The van der Waals surface area contributed by atoms with Gasteiger partial charge in [-0.15, -0.1) is 11.8 Å². The number of nitrogens with one attached hydrogen (secondary N) is 1. The minimum Gasteiger partial charge on any atom is -0.399 e. The van der Waals surface area contributed by atoms with Crippen molar-refractivity contribution in [3.63, 3.8) is 0 Å². The Kier molecular flexibility index (Phi) is 5.94. The molecule has 0 bridgehead atoms. The number of nitrogens with two attached hydrogens (primary N) is 1. The van der Waals surface area contributed by atoms with Gasteiger partial charge in [0.05, 0.1) is 11.9 Å². The molecule has 102 valence electrons. The van der Waals surface area contributed by atoms with Crippen LogP contribution >= 0.6 is 11.8 Å². The molecule has 1 atom stereocenters. The molecule has 0 saturated heterocycles. The van der Waals surface area contributed by atoms with Crippen molar-refractivity contribution in [2.45, 2.75) is 17.9 Å². The minimum absolute atomic E-state index is 0.0131. The van der Waals surface area contributed by atoms with Crippen LogP contribution in [0.2, 0.25) is 0 Å². The monoisotopic (exact) mass is 290 g/mol. The van der Waals surface area contributed by atoms with Crippen LogP contribution in [-0.2, 0) is 10.0 Å². The third-order valence-electron chi connectivity index (χ3n) is 2.08. The van der Waals surface area contributed by atoms with Crippen LogP contribution in [0.15, 0.2) is 29.2 Å². The highest BCUT2D eigenvalue weighted by Crippen LogP contribution is 2.20. The summed E-state index contributed by atoms with van der Waals surface area (Å²) in [6.45, 7) is 1.58. The van der Waals surface area contributed by atoms with Crippen LogP contribution in [0.3, 0.4) is 0 Å². The number of hydrogen-bond acceptors (Lipinski definition) is 5. The van der Waals surface area contributed by atoms with Gasteiger partial charge < -0.3 is 10.8 Å². The Labute approximate surface area is 112 Å². The Morgan fingerprint density at radius 3 is 2.83 bits per heavy atom. The molecule has 0 unspecified atom stereocenters. The molecule has 0 aliphatic heterocycles. The smallest absolute Gasteiger partial charge is 0.212 e. The van der Waals surface area contributed by atoms with E-state index in [1.165, 1.54) is 18.7 Å². The highest BCUT2D eigenvalue weighted by Gasteiger charge is 2.10. The van der Waals surface area contributed by atoms with Crippen LogP contribution in [-0.4, -0.2) is 37.7 Å². The number of aliphatic hydroxyl groups is 1. The SMILES string of the molecule is C[C@@H](O)CNS(=O)(=O)CCSc1cccc(N)c1. The molecule has 1 rings (SSSR count). The van der Waals surface area contributed by atoms with Crippen molar-refractivity contribution in [2.24, 2.45) is 0 Å². The summed E-state index contributed by atoms with van der Waals surface area (Å²) >= 11 is 1.43. The van der Waals surface area contributed by atoms with E-state index in [9.17, 15) is 8.42 Å². The Morgan fingerprint density at radius 1 is 1.50 bits per heavy atom. The van der Waals surface area contributed by atoms with Crippen LogP contribution in [0.4, 0.5) is 5.69 Å². The molecular weight excluding hydrogens is 272 g/mol.